The van der Waals surface area contributed by atoms with Crippen molar-refractivity contribution in [3.63, 3.8) is 0 Å². The summed E-state index contributed by atoms with van der Waals surface area (Å²) in [5.41, 5.74) is 0.576. The van der Waals surface area contributed by atoms with Crippen LogP contribution in [0, 0.1) is 5.92 Å². The van der Waals surface area contributed by atoms with Gasteiger partial charge in [-0.15, -0.1) is 0 Å². The Morgan fingerprint density at radius 3 is 2.85 bits per heavy atom. The molecule has 2 amide bonds. The van der Waals surface area contributed by atoms with Crippen LogP contribution >= 0.6 is 11.6 Å². The van der Waals surface area contributed by atoms with E-state index in [2.05, 4.69) is 10.4 Å². The SMILES string of the molecule is COc1ccc(Cl)cc1N1C[C@@H](C(=O)Nc2ccnn2C(C)C)CC1=O. The molecular formula is C18H21ClN4O3. The van der Waals surface area contributed by atoms with Gasteiger partial charge in [-0.3, -0.25) is 9.59 Å². The number of nitrogens with one attached hydrogen (secondary N) is 1. The highest BCUT2D eigenvalue weighted by atomic mass is 35.5. The van der Waals surface area contributed by atoms with Gasteiger partial charge in [-0.2, -0.15) is 5.10 Å². The maximum absolute atomic E-state index is 12.6. The molecule has 1 aromatic heterocycles. The molecule has 1 aromatic carbocycles. The van der Waals surface area contributed by atoms with E-state index in [-0.39, 0.29) is 30.8 Å². The highest BCUT2D eigenvalue weighted by Gasteiger charge is 2.36. The second-order valence-corrected chi connectivity index (χ2v) is 6.90. The molecule has 2 heterocycles. The topological polar surface area (TPSA) is 76.5 Å². The smallest absolute Gasteiger partial charge is 0.230 e. The fraction of sp³-hybridized carbons (Fsp3) is 0.389. The van der Waals surface area contributed by atoms with Crippen molar-refractivity contribution in [1.29, 1.82) is 0 Å². The van der Waals surface area contributed by atoms with E-state index in [1.54, 1.807) is 40.0 Å². The van der Waals surface area contributed by atoms with Gasteiger partial charge in [-0.05, 0) is 32.0 Å². The molecule has 2 aromatic rings. The summed E-state index contributed by atoms with van der Waals surface area (Å²) in [5, 5.41) is 7.57. The van der Waals surface area contributed by atoms with E-state index in [1.807, 2.05) is 13.8 Å². The first kappa shape index (κ1) is 18.3. The minimum absolute atomic E-state index is 0.123. The lowest BCUT2D eigenvalue weighted by Crippen LogP contribution is -2.29. The van der Waals surface area contributed by atoms with Crippen molar-refractivity contribution < 1.29 is 14.3 Å². The Balaban J connectivity index is 1.76. The minimum Gasteiger partial charge on any atom is -0.495 e. The van der Waals surface area contributed by atoms with Crippen LogP contribution in [0.25, 0.3) is 0 Å². The highest BCUT2D eigenvalue weighted by molar-refractivity contribution is 6.31. The third-order valence-corrected chi connectivity index (χ3v) is 4.57. The molecule has 0 saturated carbocycles. The van der Waals surface area contributed by atoms with E-state index in [4.69, 9.17) is 16.3 Å². The number of anilines is 2. The first-order valence-electron chi connectivity index (χ1n) is 8.39. The summed E-state index contributed by atoms with van der Waals surface area (Å²) in [6.45, 7) is 4.24. The molecule has 0 aliphatic carbocycles. The molecule has 7 nitrogen and oxygen atoms in total. The molecule has 1 N–H and O–H groups in total. The highest BCUT2D eigenvalue weighted by Crippen LogP contribution is 2.35. The second kappa shape index (κ2) is 7.37. The van der Waals surface area contributed by atoms with Crippen molar-refractivity contribution in [1.82, 2.24) is 9.78 Å². The molecule has 1 aliphatic rings. The van der Waals surface area contributed by atoms with Gasteiger partial charge in [0.15, 0.2) is 0 Å². The first-order chi connectivity index (χ1) is 12.4. The Bertz CT molecular complexity index is 834. The Hall–Kier alpha value is -2.54. The number of carbonyl (C=O) groups excluding carboxylic acids is 2. The molecule has 3 rings (SSSR count). The van der Waals surface area contributed by atoms with Gasteiger partial charge in [-0.25, -0.2) is 4.68 Å². The minimum atomic E-state index is -0.457. The molecular weight excluding hydrogens is 356 g/mol. The van der Waals surface area contributed by atoms with E-state index in [0.29, 0.717) is 22.3 Å². The van der Waals surface area contributed by atoms with E-state index in [9.17, 15) is 9.59 Å². The van der Waals surface area contributed by atoms with Crippen LogP contribution in [0.3, 0.4) is 0 Å². The molecule has 26 heavy (non-hydrogen) atoms. The quantitative estimate of drug-likeness (QED) is 0.869. The van der Waals surface area contributed by atoms with Crippen molar-refractivity contribution in [3.05, 3.63) is 35.5 Å². The second-order valence-electron chi connectivity index (χ2n) is 6.47. The lowest BCUT2D eigenvalue weighted by Gasteiger charge is -2.20. The third kappa shape index (κ3) is 3.53. The average Bonchev–Trinajstić information content (AvgIpc) is 3.21. The van der Waals surface area contributed by atoms with Gasteiger partial charge in [0.25, 0.3) is 0 Å². The number of ether oxygens (including phenoxy) is 1. The summed E-state index contributed by atoms with van der Waals surface area (Å²) < 4.78 is 7.05. The number of methoxy groups -OCH3 is 1. The normalized spacial score (nSPS) is 17.0. The fourth-order valence-electron chi connectivity index (χ4n) is 3.04. The van der Waals surface area contributed by atoms with Crippen LogP contribution in [0.1, 0.15) is 26.3 Å². The predicted octanol–water partition coefficient (Wildman–Crippen LogP) is 3.12. The molecule has 0 radical (unpaired) electrons. The zero-order valence-corrected chi connectivity index (χ0v) is 15.7. The van der Waals surface area contributed by atoms with Gasteiger partial charge in [0.05, 0.1) is 24.9 Å². The molecule has 8 heteroatoms. The van der Waals surface area contributed by atoms with E-state index < -0.39 is 5.92 Å². The van der Waals surface area contributed by atoms with Crippen LogP contribution in [-0.2, 0) is 9.59 Å². The van der Waals surface area contributed by atoms with Gasteiger partial charge in [0.1, 0.15) is 11.6 Å². The number of halogens is 1. The molecule has 1 aliphatic heterocycles. The van der Waals surface area contributed by atoms with Gasteiger partial charge in [0, 0.05) is 30.1 Å². The first-order valence-corrected chi connectivity index (χ1v) is 8.76. The number of hydrogen-bond acceptors (Lipinski definition) is 4. The average molecular weight is 377 g/mol. The maximum Gasteiger partial charge on any atom is 0.230 e. The van der Waals surface area contributed by atoms with Crippen LogP contribution in [0.4, 0.5) is 11.5 Å². The standard InChI is InChI=1S/C18H21ClN4O3/c1-11(2)23-16(6-7-20-23)21-18(25)12-8-17(24)22(10-12)14-9-13(19)4-5-15(14)26-3/h4-7,9,11-12H,8,10H2,1-3H3,(H,21,25)/t12-/m0/s1. The van der Waals surface area contributed by atoms with Gasteiger partial charge in [0.2, 0.25) is 11.8 Å². The maximum atomic E-state index is 12.6. The van der Waals surface area contributed by atoms with Crippen LogP contribution in [0.15, 0.2) is 30.5 Å². The van der Waals surface area contributed by atoms with Crippen LogP contribution < -0.4 is 15.0 Å². The summed E-state index contributed by atoms with van der Waals surface area (Å²) >= 11 is 6.06. The number of benzene rings is 1. The van der Waals surface area contributed by atoms with Crippen molar-refractivity contribution in [2.75, 3.05) is 23.9 Å². The zero-order chi connectivity index (χ0) is 18.8. The van der Waals surface area contributed by atoms with Gasteiger partial charge < -0.3 is 15.0 Å². The van der Waals surface area contributed by atoms with Gasteiger partial charge >= 0.3 is 0 Å². The summed E-state index contributed by atoms with van der Waals surface area (Å²) in [6, 6.07) is 6.94. The Morgan fingerprint density at radius 1 is 1.38 bits per heavy atom. The zero-order valence-electron chi connectivity index (χ0n) is 14.9. The molecule has 0 unspecified atom stereocenters. The van der Waals surface area contributed by atoms with Crippen molar-refractivity contribution in [2.45, 2.75) is 26.3 Å². The summed E-state index contributed by atoms with van der Waals surface area (Å²) in [5.74, 6) is 0.368. The molecule has 0 bridgehead atoms. The number of carbonyl (C=O) groups is 2. The number of aromatic nitrogens is 2. The van der Waals surface area contributed by atoms with E-state index >= 15 is 0 Å². The van der Waals surface area contributed by atoms with Crippen LogP contribution in [-0.4, -0.2) is 35.2 Å². The monoisotopic (exact) mass is 376 g/mol. The molecule has 138 valence electrons. The van der Waals surface area contributed by atoms with E-state index in [0.717, 1.165) is 0 Å². The van der Waals surface area contributed by atoms with Crippen molar-refractivity contribution >= 4 is 34.9 Å². The summed E-state index contributed by atoms with van der Waals surface area (Å²) in [4.78, 5) is 26.7. The van der Waals surface area contributed by atoms with Crippen LogP contribution in [0.5, 0.6) is 5.75 Å². The van der Waals surface area contributed by atoms with Crippen molar-refractivity contribution in [3.8, 4) is 5.75 Å². The largest absolute Gasteiger partial charge is 0.495 e. The fourth-order valence-corrected chi connectivity index (χ4v) is 3.21. The Morgan fingerprint density at radius 2 is 2.15 bits per heavy atom. The molecule has 1 atom stereocenters. The lowest BCUT2D eigenvalue weighted by molar-refractivity contribution is -0.122. The Kier molecular flexibility index (Phi) is 5.18. The van der Waals surface area contributed by atoms with Gasteiger partial charge in [-0.1, -0.05) is 11.6 Å². The third-order valence-electron chi connectivity index (χ3n) is 4.34. The van der Waals surface area contributed by atoms with E-state index in [1.165, 1.54) is 7.11 Å². The van der Waals surface area contributed by atoms with Crippen molar-refractivity contribution in [2.24, 2.45) is 5.92 Å². The number of hydrogen-bond donors (Lipinski definition) is 1. The number of nitrogens with zero attached hydrogens (tertiary/aromatic N) is 3. The molecule has 0 spiro atoms. The molecule has 1 saturated heterocycles. The van der Waals surface area contributed by atoms with Crippen LogP contribution in [0.2, 0.25) is 5.02 Å². The lowest BCUT2D eigenvalue weighted by atomic mass is 10.1. The molecule has 1 fully saturated rings. The summed E-state index contributed by atoms with van der Waals surface area (Å²) in [6.07, 6.45) is 1.77. The Labute approximate surface area is 156 Å². The number of amides is 2. The number of rotatable bonds is 5. The predicted molar refractivity (Wildman–Crippen MR) is 99.7 cm³/mol. The summed E-state index contributed by atoms with van der Waals surface area (Å²) in [7, 11) is 1.53.